The van der Waals surface area contributed by atoms with E-state index in [4.69, 9.17) is 10.8 Å². The van der Waals surface area contributed by atoms with E-state index in [9.17, 15) is 0 Å². The maximum absolute atomic E-state index is 9.15. The third-order valence-electron chi connectivity index (χ3n) is 3.27. The second kappa shape index (κ2) is 6.66. The van der Waals surface area contributed by atoms with Crippen molar-refractivity contribution < 1.29 is 5.11 Å². The Labute approximate surface area is 105 Å². The molecule has 1 rings (SSSR count). The number of hydrogen-bond acceptors (Lipinski definition) is 5. The standard InChI is InChI=1S/C12H28N4O/c1-12(13,11-17)10-16-8-6-15(7-9-16)5-4-14(2)3/h17H,4-11,13H2,1-3H3. The van der Waals surface area contributed by atoms with Crippen molar-refractivity contribution in [2.45, 2.75) is 12.5 Å². The first-order chi connectivity index (χ1) is 7.93. The molecule has 3 N–H and O–H groups in total. The van der Waals surface area contributed by atoms with Crippen LogP contribution in [0.2, 0.25) is 0 Å². The van der Waals surface area contributed by atoms with Gasteiger partial charge in [-0.3, -0.25) is 9.80 Å². The predicted molar refractivity (Wildman–Crippen MR) is 71.1 cm³/mol. The fraction of sp³-hybridized carbons (Fsp3) is 1.00. The van der Waals surface area contributed by atoms with E-state index in [2.05, 4.69) is 28.8 Å². The van der Waals surface area contributed by atoms with Gasteiger partial charge in [-0.2, -0.15) is 0 Å². The van der Waals surface area contributed by atoms with Crippen molar-refractivity contribution in [3.05, 3.63) is 0 Å². The fourth-order valence-electron chi connectivity index (χ4n) is 2.07. The Balaban J connectivity index is 2.21. The number of aliphatic hydroxyl groups is 1. The molecule has 0 aliphatic carbocycles. The van der Waals surface area contributed by atoms with Crippen LogP contribution in [-0.4, -0.2) is 91.9 Å². The first-order valence-corrected chi connectivity index (χ1v) is 6.42. The van der Waals surface area contributed by atoms with Crippen LogP contribution >= 0.6 is 0 Å². The van der Waals surface area contributed by atoms with Gasteiger partial charge in [0.2, 0.25) is 0 Å². The molecule has 5 nitrogen and oxygen atoms in total. The zero-order valence-corrected chi connectivity index (χ0v) is 11.5. The van der Waals surface area contributed by atoms with E-state index in [1.54, 1.807) is 0 Å². The number of aliphatic hydroxyl groups excluding tert-OH is 1. The average molecular weight is 244 g/mol. The molecule has 0 amide bonds. The number of nitrogens with zero attached hydrogens (tertiary/aromatic N) is 3. The minimum absolute atomic E-state index is 0.0494. The minimum Gasteiger partial charge on any atom is -0.394 e. The Morgan fingerprint density at radius 2 is 1.71 bits per heavy atom. The summed E-state index contributed by atoms with van der Waals surface area (Å²) in [6, 6.07) is 0. The molecule has 1 atom stereocenters. The molecule has 1 unspecified atom stereocenters. The SMILES string of the molecule is CN(C)CCN1CCN(CC(C)(N)CO)CC1. The van der Waals surface area contributed by atoms with Crippen LogP contribution < -0.4 is 5.73 Å². The van der Waals surface area contributed by atoms with Crippen LogP contribution in [0.25, 0.3) is 0 Å². The topological polar surface area (TPSA) is 56.0 Å². The lowest BCUT2D eigenvalue weighted by Crippen LogP contribution is -2.56. The van der Waals surface area contributed by atoms with E-state index in [1.807, 2.05) is 6.92 Å². The van der Waals surface area contributed by atoms with E-state index in [0.29, 0.717) is 0 Å². The molecule has 0 aromatic rings. The Hall–Kier alpha value is -0.200. The van der Waals surface area contributed by atoms with Crippen LogP contribution in [0.4, 0.5) is 0 Å². The molecule has 0 radical (unpaired) electrons. The first-order valence-electron chi connectivity index (χ1n) is 6.42. The third kappa shape index (κ3) is 5.79. The number of nitrogens with two attached hydrogens (primary N) is 1. The van der Waals surface area contributed by atoms with E-state index in [1.165, 1.54) is 0 Å². The minimum atomic E-state index is -0.466. The van der Waals surface area contributed by atoms with Crippen LogP contribution in [0, 0.1) is 0 Å². The molecule has 0 aromatic heterocycles. The van der Waals surface area contributed by atoms with Gasteiger partial charge in [-0.25, -0.2) is 0 Å². The zero-order chi connectivity index (χ0) is 12.9. The lowest BCUT2D eigenvalue weighted by atomic mass is 10.0. The molecule has 5 heteroatoms. The summed E-state index contributed by atoms with van der Waals surface area (Å²) in [6.45, 7) is 9.32. The predicted octanol–water partition coefficient (Wildman–Crippen LogP) is -1.12. The van der Waals surface area contributed by atoms with Crippen molar-refractivity contribution >= 4 is 0 Å². The third-order valence-corrected chi connectivity index (χ3v) is 3.27. The van der Waals surface area contributed by atoms with E-state index < -0.39 is 5.54 Å². The van der Waals surface area contributed by atoms with Crippen molar-refractivity contribution in [2.24, 2.45) is 5.73 Å². The number of piperazine rings is 1. The second-order valence-electron chi connectivity index (χ2n) is 5.73. The van der Waals surface area contributed by atoms with Crippen LogP contribution in [-0.2, 0) is 0 Å². The molecule has 102 valence electrons. The van der Waals surface area contributed by atoms with Crippen LogP contribution in [0.1, 0.15) is 6.92 Å². The molecule has 1 aliphatic heterocycles. The van der Waals surface area contributed by atoms with Gasteiger partial charge in [0.25, 0.3) is 0 Å². The highest BCUT2D eigenvalue weighted by molar-refractivity contribution is 4.84. The van der Waals surface area contributed by atoms with Gasteiger partial charge in [0, 0.05) is 51.4 Å². The number of likely N-dealkylation sites (N-methyl/N-ethyl adjacent to an activating group) is 1. The Morgan fingerprint density at radius 1 is 1.18 bits per heavy atom. The summed E-state index contributed by atoms with van der Waals surface area (Å²) >= 11 is 0. The van der Waals surface area contributed by atoms with Gasteiger partial charge in [-0.15, -0.1) is 0 Å². The van der Waals surface area contributed by atoms with Gasteiger partial charge >= 0.3 is 0 Å². The van der Waals surface area contributed by atoms with Gasteiger partial charge in [0.1, 0.15) is 0 Å². The summed E-state index contributed by atoms with van der Waals surface area (Å²) < 4.78 is 0. The Morgan fingerprint density at radius 3 is 2.18 bits per heavy atom. The van der Waals surface area contributed by atoms with Gasteiger partial charge in [0.15, 0.2) is 0 Å². The van der Waals surface area contributed by atoms with Crippen molar-refractivity contribution in [3.63, 3.8) is 0 Å². The summed E-state index contributed by atoms with van der Waals surface area (Å²) in [4.78, 5) is 7.06. The number of hydrogen-bond donors (Lipinski definition) is 2. The average Bonchev–Trinajstić information content (AvgIpc) is 2.28. The lowest BCUT2D eigenvalue weighted by molar-refractivity contribution is 0.0902. The number of rotatable bonds is 6. The molecular weight excluding hydrogens is 216 g/mol. The highest BCUT2D eigenvalue weighted by Gasteiger charge is 2.24. The second-order valence-corrected chi connectivity index (χ2v) is 5.73. The van der Waals surface area contributed by atoms with Gasteiger partial charge in [-0.1, -0.05) is 0 Å². The van der Waals surface area contributed by atoms with Crippen molar-refractivity contribution in [1.82, 2.24) is 14.7 Å². The summed E-state index contributed by atoms with van der Waals surface area (Å²) in [6.07, 6.45) is 0. The summed E-state index contributed by atoms with van der Waals surface area (Å²) in [5, 5.41) is 9.15. The molecule has 0 spiro atoms. The van der Waals surface area contributed by atoms with Gasteiger partial charge in [-0.05, 0) is 21.0 Å². The Bertz CT molecular complexity index is 213. The maximum atomic E-state index is 9.15. The van der Waals surface area contributed by atoms with E-state index in [0.717, 1.165) is 45.8 Å². The quantitative estimate of drug-likeness (QED) is 0.620. The molecule has 1 fully saturated rings. The van der Waals surface area contributed by atoms with Crippen molar-refractivity contribution in [2.75, 3.05) is 66.5 Å². The highest BCUT2D eigenvalue weighted by Crippen LogP contribution is 2.06. The molecule has 0 saturated carbocycles. The zero-order valence-electron chi connectivity index (χ0n) is 11.5. The lowest BCUT2D eigenvalue weighted by Gasteiger charge is -2.38. The van der Waals surface area contributed by atoms with Crippen molar-refractivity contribution in [1.29, 1.82) is 0 Å². The van der Waals surface area contributed by atoms with Crippen LogP contribution in [0.3, 0.4) is 0 Å². The first kappa shape index (κ1) is 14.9. The highest BCUT2D eigenvalue weighted by atomic mass is 16.3. The molecule has 0 aromatic carbocycles. The summed E-state index contributed by atoms with van der Waals surface area (Å²) in [5.41, 5.74) is 5.50. The monoisotopic (exact) mass is 244 g/mol. The van der Waals surface area contributed by atoms with Gasteiger partial charge in [0.05, 0.1) is 6.61 Å². The summed E-state index contributed by atoms with van der Waals surface area (Å²) in [5.74, 6) is 0. The molecule has 1 heterocycles. The molecule has 17 heavy (non-hydrogen) atoms. The van der Waals surface area contributed by atoms with Crippen molar-refractivity contribution in [3.8, 4) is 0 Å². The molecule has 0 bridgehead atoms. The smallest absolute Gasteiger partial charge is 0.0621 e. The van der Waals surface area contributed by atoms with E-state index >= 15 is 0 Å². The summed E-state index contributed by atoms with van der Waals surface area (Å²) in [7, 11) is 4.22. The normalized spacial score (nSPS) is 22.9. The van der Waals surface area contributed by atoms with Crippen LogP contribution in [0.15, 0.2) is 0 Å². The Kier molecular flexibility index (Phi) is 5.82. The van der Waals surface area contributed by atoms with Gasteiger partial charge < -0.3 is 15.7 Å². The fourth-order valence-corrected chi connectivity index (χ4v) is 2.07. The molecule has 1 saturated heterocycles. The largest absolute Gasteiger partial charge is 0.394 e. The molecule has 1 aliphatic rings. The molecular formula is C12H28N4O. The van der Waals surface area contributed by atoms with Crippen LogP contribution in [0.5, 0.6) is 0 Å². The van der Waals surface area contributed by atoms with E-state index in [-0.39, 0.29) is 6.61 Å². The maximum Gasteiger partial charge on any atom is 0.0621 e.